The molecule has 0 spiro atoms. The maximum absolute atomic E-state index is 12.4. The highest BCUT2D eigenvalue weighted by molar-refractivity contribution is 14.1. The minimum atomic E-state index is -0.335. The molecule has 134 valence electrons. The van der Waals surface area contributed by atoms with Crippen LogP contribution in [0.2, 0.25) is 0 Å². The van der Waals surface area contributed by atoms with Crippen molar-refractivity contribution >= 4 is 61.2 Å². The summed E-state index contributed by atoms with van der Waals surface area (Å²) in [5, 5.41) is 3.33. The first-order valence-corrected chi connectivity index (χ1v) is 10.1. The van der Waals surface area contributed by atoms with E-state index in [9.17, 15) is 9.59 Å². The predicted molar refractivity (Wildman–Crippen MR) is 112 cm³/mol. The molecule has 1 heterocycles. The molecule has 5 nitrogen and oxygen atoms in total. The summed E-state index contributed by atoms with van der Waals surface area (Å²) >= 11 is 3.46. The third-order valence-corrected chi connectivity index (χ3v) is 5.57. The Kier molecular flexibility index (Phi) is 6.20. The quantitative estimate of drug-likeness (QED) is 0.303. The minimum absolute atomic E-state index is 0.201. The summed E-state index contributed by atoms with van der Waals surface area (Å²) in [6.07, 6.45) is 1.83. The first-order chi connectivity index (χ1) is 12.6. The Balaban J connectivity index is 1.76. The lowest BCUT2D eigenvalue weighted by atomic mass is 10.2. The fourth-order valence-electron chi connectivity index (χ4n) is 2.31. The van der Waals surface area contributed by atoms with Crippen LogP contribution in [0.3, 0.4) is 0 Å². The molecule has 3 rings (SSSR count). The first-order valence-electron chi connectivity index (χ1n) is 8.22. The largest absolute Gasteiger partial charge is 0.462 e. The van der Waals surface area contributed by atoms with E-state index < -0.39 is 0 Å². The lowest BCUT2D eigenvalue weighted by Gasteiger charge is -2.03. The molecule has 0 aliphatic carbocycles. The van der Waals surface area contributed by atoms with Crippen molar-refractivity contribution in [2.24, 2.45) is 0 Å². The van der Waals surface area contributed by atoms with Crippen LogP contribution in [0.15, 0.2) is 42.5 Å². The maximum atomic E-state index is 12.4. The molecule has 7 heteroatoms. The molecule has 0 unspecified atom stereocenters. The van der Waals surface area contributed by atoms with E-state index in [1.165, 1.54) is 11.3 Å². The Labute approximate surface area is 168 Å². The van der Waals surface area contributed by atoms with Gasteiger partial charge in [-0.3, -0.25) is 10.1 Å². The topological polar surface area (TPSA) is 68.3 Å². The number of halogens is 1. The Bertz CT molecular complexity index is 955. The average Bonchev–Trinajstić information content (AvgIpc) is 3.03. The minimum Gasteiger partial charge on any atom is -0.462 e. The van der Waals surface area contributed by atoms with Crippen molar-refractivity contribution in [2.75, 3.05) is 11.9 Å². The van der Waals surface area contributed by atoms with Crippen molar-refractivity contribution in [3.05, 3.63) is 57.2 Å². The van der Waals surface area contributed by atoms with Crippen molar-refractivity contribution in [3.63, 3.8) is 0 Å². The van der Waals surface area contributed by atoms with E-state index in [0.717, 1.165) is 26.6 Å². The summed E-state index contributed by atoms with van der Waals surface area (Å²) in [4.78, 5) is 28.9. The van der Waals surface area contributed by atoms with Gasteiger partial charge < -0.3 is 4.74 Å². The molecule has 0 fully saturated rings. The Hall–Kier alpha value is -2.00. The van der Waals surface area contributed by atoms with Crippen LogP contribution < -0.4 is 5.32 Å². The number of nitrogens with one attached hydrogen (secondary N) is 1. The smallest absolute Gasteiger partial charge is 0.338 e. The Morgan fingerprint density at radius 2 is 2.04 bits per heavy atom. The van der Waals surface area contributed by atoms with Gasteiger partial charge in [0.15, 0.2) is 5.13 Å². The van der Waals surface area contributed by atoms with E-state index in [1.807, 2.05) is 25.1 Å². The highest BCUT2D eigenvalue weighted by Gasteiger charge is 2.14. The van der Waals surface area contributed by atoms with E-state index in [0.29, 0.717) is 22.9 Å². The molecule has 1 aromatic heterocycles. The maximum Gasteiger partial charge on any atom is 0.338 e. The van der Waals surface area contributed by atoms with E-state index >= 15 is 0 Å². The molecular formula is C19H17IN2O3S. The third-order valence-electron chi connectivity index (χ3n) is 3.69. The summed E-state index contributed by atoms with van der Waals surface area (Å²) in [5.74, 6) is -0.536. The van der Waals surface area contributed by atoms with Crippen LogP contribution >= 0.6 is 33.9 Å². The molecule has 0 aliphatic heterocycles. The molecule has 0 atom stereocenters. The van der Waals surface area contributed by atoms with Gasteiger partial charge in [0.25, 0.3) is 5.91 Å². The van der Waals surface area contributed by atoms with E-state index in [2.05, 4.69) is 32.9 Å². The number of hydrogen-bond donors (Lipinski definition) is 1. The number of fused-ring (bicyclic) bond motifs is 1. The van der Waals surface area contributed by atoms with Crippen molar-refractivity contribution in [2.45, 2.75) is 19.8 Å². The molecular weight excluding hydrogens is 463 g/mol. The van der Waals surface area contributed by atoms with Gasteiger partial charge in [0.05, 0.1) is 28.0 Å². The van der Waals surface area contributed by atoms with Gasteiger partial charge >= 0.3 is 5.97 Å². The van der Waals surface area contributed by atoms with Gasteiger partial charge in [0, 0.05) is 3.57 Å². The zero-order chi connectivity index (χ0) is 18.5. The fourth-order valence-corrected chi connectivity index (χ4v) is 3.84. The van der Waals surface area contributed by atoms with Crippen molar-refractivity contribution in [1.82, 2.24) is 4.98 Å². The number of thiazole rings is 1. The van der Waals surface area contributed by atoms with Crippen LogP contribution in [0.4, 0.5) is 5.13 Å². The Morgan fingerprint density at radius 1 is 1.23 bits per heavy atom. The second-order valence-electron chi connectivity index (χ2n) is 5.62. The first kappa shape index (κ1) is 18.8. The molecule has 1 N–H and O–H groups in total. The number of carbonyl (C=O) groups is 2. The van der Waals surface area contributed by atoms with Gasteiger partial charge in [-0.05, 0) is 59.3 Å². The number of rotatable bonds is 6. The van der Waals surface area contributed by atoms with E-state index in [4.69, 9.17) is 4.74 Å². The van der Waals surface area contributed by atoms with Gasteiger partial charge in [0.2, 0.25) is 0 Å². The number of amides is 1. The molecule has 0 saturated carbocycles. The number of hydrogen-bond acceptors (Lipinski definition) is 5. The average molecular weight is 480 g/mol. The molecule has 0 saturated heterocycles. The number of nitrogens with zero attached hydrogens (tertiary/aromatic N) is 1. The fraction of sp³-hybridized carbons (Fsp3) is 0.211. The molecule has 3 aromatic rings. The normalized spacial score (nSPS) is 10.7. The predicted octanol–water partition coefficient (Wildman–Crippen LogP) is 5.11. The van der Waals surface area contributed by atoms with Gasteiger partial charge in [0.1, 0.15) is 0 Å². The molecule has 26 heavy (non-hydrogen) atoms. The standard InChI is InChI=1S/C19H17IN2O3S/c1-2-3-10-25-18(24)12-8-9-15-16(11-12)26-19(21-15)22-17(23)13-6-4-5-7-14(13)20/h4-9,11H,2-3,10H2,1H3,(H,21,22,23). The zero-order valence-electron chi connectivity index (χ0n) is 14.1. The second-order valence-corrected chi connectivity index (χ2v) is 7.82. The number of benzene rings is 2. The second kappa shape index (κ2) is 8.59. The number of anilines is 1. The lowest BCUT2D eigenvalue weighted by molar-refractivity contribution is 0.0500. The van der Waals surface area contributed by atoms with Crippen LogP contribution in [0.5, 0.6) is 0 Å². The number of unbranched alkanes of at least 4 members (excludes halogenated alkanes) is 1. The number of ether oxygens (including phenoxy) is 1. The number of aromatic nitrogens is 1. The SMILES string of the molecule is CCCCOC(=O)c1ccc2nc(NC(=O)c3ccccc3I)sc2c1. The lowest BCUT2D eigenvalue weighted by Crippen LogP contribution is -2.12. The van der Waals surface area contributed by atoms with Crippen LogP contribution in [0, 0.1) is 3.57 Å². The molecule has 2 aromatic carbocycles. The summed E-state index contributed by atoms with van der Waals surface area (Å²) in [5.41, 5.74) is 1.83. The summed E-state index contributed by atoms with van der Waals surface area (Å²) in [6.45, 7) is 2.47. The Morgan fingerprint density at radius 3 is 2.81 bits per heavy atom. The third kappa shape index (κ3) is 4.39. The number of carbonyl (C=O) groups excluding carboxylic acids is 2. The van der Waals surface area contributed by atoms with E-state index in [-0.39, 0.29) is 11.9 Å². The van der Waals surface area contributed by atoms with Gasteiger partial charge in [-0.15, -0.1) is 0 Å². The monoisotopic (exact) mass is 480 g/mol. The highest BCUT2D eigenvalue weighted by Crippen LogP contribution is 2.27. The zero-order valence-corrected chi connectivity index (χ0v) is 17.1. The summed E-state index contributed by atoms with van der Waals surface area (Å²) < 4.78 is 6.94. The van der Waals surface area contributed by atoms with Gasteiger partial charge in [-0.1, -0.05) is 36.8 Å². The summed E-state index contributed by atoms with van der Waals surface area (Å²) in [6, 6.07) is 12.6. The molecule has 0 radical (unpaired) electrons. The highest BCUT2D eigenvalue weighted by atomic mass is 127. The molecule has 0 bridgehead atoms. The van der Waals surface area contributed by atoms with Crippen molar-refractivity contribution < 1.29 is 14.3 Å². The molecule has 1 amide bonds. The van der Waals surface area contributed by atoms with Crippen LogP contribution in [0.25, 0.3) is 10.2 Å². The van der Waals surface area contributed by atoms with Crippen molar-refractivity contribution in [3.8, 4) is 0 Å². The van der Waals surface area contributed by atoms with Crippen LogP contribution in [0.1, 0.15) is 40.5 Å². The van der Waals surface area contributed by atoms with E-state index in [1.54, 1.807) is 24.3 Å². The van der Waals surface area contributed by atoms with Crippen LogP contribution in [-0.2, 0) is 4.74 Å². The molecule has 0 aliphatic rings. The van der Waals surface area contributed by atoms with Crippen molar-refractivity contribution in [1.29, 1.82) is 0 Å². The van der Waals surface area contributed by atoms with Crippen LogP contribution in [-0.4, -0.2) is 23.5 Å². The summed E-state index contributed by atoms with van der Waals surface area (Å²) in [7, 11) is 0. The van der Waals surface area contributed by atoms with Gasteiger partial charge in [-0.25, -0.2) is 9.78 Å². The number of esters is 1. The van der Waals surface area contributed by atoms with Gasteiger partial charge in [-0.2, -0.15) is 0 Å².